The number of rotatable bonds is 3. The Balaban J connectivity index is 2.05. The molecule has 6 nitrogen and oxygen atoms in total. The van der Waals surface area contributed by atoms with Crippen LogP contribution in [0.3, 0.4) is 0 Å². The van der Waals surface area contributed by atoms with Gasteiger partial charge in [-0.3, -0.25) is 0 Å². The predicted molar refractivity (Wildman–Crippen MR) is 66.6 cm³/mol. The van der Waals surface area contributed by atoms with Gasteiger partial charge in [0, 0.05) is 0 Å². The van der Waals surface area contributed by atoms with Crippen molar-refractivity contribution in [3.8, 4) is 0 Å². The van der Waals surface area contributed by atoms with E-state index < -0.39 is 0 Å². The van der Waals surface area contributed by atoms with Crippen molar-refractivity contribution >= 4 is 18.1 Å². The molecule has 0 radical (unpaired) electrons. The number of benzene rings is 1. The predicted octanol–water partition coefficient (Wildman–Crippen LogP) is 1.21. The van der Waals surface area contributed by atoms with Crippen molar-refractivity contribution in [1.82, 2.24) is 15.0 Å². The molecule has 0 fully saturated rings. The van der Waals surface area contributed by atoms with Crippen LogP contribution >= 0.6 is 0 Å². The molecule has 0 atom stereocenters. The van der Waals surface area contributed by atoms with Crippen molar-refractivity contribution in [2.75, 3.05) is 11.2 Å². The lowest BCUT2D eigenvalue weighted by atomic mass is 10.2. The summed E-state index contributed by atoms with van der Waals surface area (Å²) < 4.78 is 0. The number of nitrogen functional groups attached to an aromatic ring is 1. The number of aryl methyl sites for hydroxylation is 1. The summed E-state index contributed by atoms with van der Waals surface area (Å²) in [6.45, 7) is 1.74. The quantitative estimate of drug-likeness (QED) is 0.608. The number of aromatic nitrogens is 3. The Hall–Kier alpha value is -2.50. The van der Waals surface area contributed by atoms with Crippen LogP contribution in [0.2, 0.25) is 0 Å². The molecule has 0 aliphatic heterocycles. The Kier molecular flexibility index (Phi) is 3.25. The Morgan fingerprint density at radius 3 is 2.65 bits per heavy atom. The molecule has 3 N–H and O–H groups in total. The molecule has 2 aromatic rings. The summed E-state index contributed by atoms with van der Waals surface area (Å²) in [7, 11) is 0. The van der Waals surface area contributed by atoms with Gasteiger partial charge in [0.1, 0.15) is 5.82 Å². The molecule has 0 unspecified atom stereocenters. The van der Waals surface area contributed by atoms with Crippen LogP contribution in [-0.2, 0) is 0 Å². The standard InChI is InChI=1S/C11H12N6/c1-8-14-10(12)16-11(15-8)17-13-7-9-5-3-2-4-6-9/h2-7H,1H3,(H3,12,14,15,16,17)/b13-7-. The van der Waals surface area contributed by atoms with Gasteiger partial charge in [-0.2, -0.15) is 20.1 Å². The molecular formula is C11H12N6. The van der Waals surface area contributed by atoms with E-state index in [1.807, 2.05) is 30.3 Å². The number of hydrogen-bond acceptors (Lipinski definition) is 6. The molecule has 2 rings (SSSR count). The van der Waals surface area contributed by atoms with Crippen molar-refractivity contribution in [2.24, 2.45) is 5.10 Å². The average Bonchev–Trinajstić information content (AvgIpc) is 2.29. The highest BCUT2D eigenvalue weighted by Gasteiger charge is 1.98. The van der Waals surface area contributed by atoms with E-state index in [1.54, 1.807) is 13.1 Å². The number of hydrazone groups is 1. The van der Waals surface area contributed by atoms with Gasteiger partial charge in [-0.05, 0) is 12.5 Å². The first-order valence-corrected chi connectivity index (χ1v) is 5.06. The third kappa shape index (κ3) is 3.23. The van der Waals surface area contributed by atoms with Crippen LogP contribution in [0.1, 0.15) is 11.4 Å². The Morgan fingerprint density at radius 2 is 1.94 bits per heavy atom. The summed E-state index contributed by atoms with van der Waals surface area (Å²) in [6.07, 6.45) is 1.68. The summed E-state index contributed by atoms with van der Waals surface area (Å²) in [5, 5.41) is 4.01. The second kappa shape index (κ2) is 5.02. The minimum absolute atomic E-state index is 0.176. The lowest BCUT2D eigenvalue weighted by molar-refractivity contribution is 0.981. The van der Waals surface area contributed by atoms with Crippen LogP contribution in [-0.4, -0.2) is 21.2 Å². The lowest BCUT2D eigenvalue weighted by Crippen LogP contribution is -2.04. The molecule has 17 heavy (non-hydrogen) atoms. The fraction of sp³-hybridized carbons (Fsp3) is 0.0909. The first kappa shape index (κ1) is 11.0. The minimum atomic E-state index is 0.176. The molecule has 0 bridgehead atoms. The van der Waals surface area contributed by atoms with Gasteiger partial charge in [-0.15, -0.1) is 0 Å². The highest BCUT2D eigenvalue weighted by Crippen LogP contribution is 2.01. The smallest absolute Gasteiger partial charge is 0.248 e. The first-order valence-electron chi connectivity index (χ1n) is 5.06. The van der Waals surface area contributed by atoms with Crippen molar-refractivity contribution < 1.29 is 0 Å². The van der Waals surface area contributed by atoms with E-state index in [0.717, 1.165) is 5.56 Å². The van der Waals surface area contributed by atoms with Crippen molar-refractivity contribution in [1.29, 1.82) is 0 Å². The number of nitrogens with zero attached hydrogens (tertiary/aromatic N) is 4. The fourth-order valence-corrected chi connectivity index (χ4v) is 1.26. The Bertz CT molecular complexity index is 502. The van der Waals surface area contributed by atoms with E-state index in [9.17, 15) is 0 Å². The van der Waals surface area contributed by atoms with E-state index in [0.29, 0.717) is 11.8 Å². The van der Waals surface area contributed by atoms with Crippen LogP contribution in [0, 0.1) is 6.92 Å². The number of anilines is 2. The van der Waals surface area contributed by atoms with Gasteiger partial charge in [0.2, 0.25) is 11.9 Å². The van der Waals surface area contributed by atoms with Gasteiger partial charge < -0.3 is 5.73 Å². The maximum absolute atomic E-state index is 5.49. The zero-order chi connectivity index (χ0) is 12.1. The summed E-state index contributed by atoms with van der Waals surface area (Å²) >= 11 is 0. The Labute approximate surface area is 98.6 Å². The fourth-order valence-electron chi connectivity index (χ4n) is 1.26. The molecule has 0 amide bonds. The summed E-state index contributed by atoms with van der Waals surface area (Å²) in [4.78, 5) is 11.8. The molecule has 0 saturated carbocycles. The second-order valence-electron chi connectivity index (χ2n) is 3.35. The van der Waals surface area contributed by atoms with Crippen molar-refractivity contribution in [3.05, 3.63) is 41.7 Å². The molecule has 0 aliphatic carbocycles. The first-order chi connectivity index (χ1) is 8.24. The van der Waals surface area contributed by atoms with Crippen molar-refractivity contribution in [3.63, 3.8) is 0 Å². The van der Waals surface area contributed by atoms with Gasteiger partial charge in [0.15, 0.2) is 0 Å². The monoisotopic (exact) mass is 228 g/mol. The highest BCUT2D eigenvalue weighted by molar-refractivity contribution is 5.79. The van der Waals surface area contributed by atoms with E-state index >= 15 is 0 Å². The van der Waals surface area contributed by atoms with Gasteiger partial charge >= 0.3 is 0 Å². The van der Waals surface area contributed by atoms with Gasteiger partial charge in [0.25, 0.3) is 0 Å². The van der Waals surface area contributed by atoms with Gasteiger partial charge in [0.05, 0.1) is 6.21 Å². The van der Waals surface area contributed by atoms with Crippen LogP contribution < -0.4 is 11.2 Å². The highest BCUT2D eigenvalue weighted by atomic mass is 15.4. The summed E-state index contributed by atoms with van der Waals surface area (Å²) in [5.41, 5.74) is 9.18. The molecule has 1 heterocycles. The molecule has 0 saturated heterocycles. The SMILES string of the molecule is Cc1nc(N)nc(N/N=C\c2ccccc2)n1. The van der Waals surface area contributed by atoms with E-state index in [4.69, 9.17) is 5.73 Å². The second-order valence-corrected chi connectivity index (χ2v) is 3.35. The molecule has 1 aromatic carbocycles. The molecule has 86 valence electrons. The van der Waals surface area contributed by atoms with Crippen LogP contribution in [0.25, 0.3) is 0 Å². The molecule has 0 aliphatic rings. The van der Waals surface area contributed by atoms with Crippen LogP contribution in [0.4, 0.5) is 11.9 Å². The topological polar surface area (TPSA) is 89.1 Å². The maximum atomic E-state index is 5.49. The third-order valence-electron chi connectivity index (χ3n) is 1.94. The zero-order valence-corrected chi connectivity index (χ0v) is 9.33. The molecule has 6 heteroatoms. The van der Waals surface area contributed by atoms with E-state index in [-0.39, 0.29) is 5.95 Å². The molecule has 0 spiro atoms. The van der Waals surface area contributed by atoms with E-state index in [1.165, 1.54) is 0 Å². The Morgan fingerprint density at radius 1 is 1.18 bits per heavy atom. The lowest BCUT2D eigenvalue weighted by Gasteiger charge is -2.00. The van der Waals surface area contributed by atoms with Crippen molar-refractivity contribution in [2.45, 2.75) is 6.92 Å². The normalized spacial score (nSPS) is 10.6. The summed E-state index contributed by atoms with van der Waals surface area (Å²) in [6, 6.07) is 9.70. The average molecular weight is 228 g/mol. The molecular weight excluding hydrogens is 216 g/mol. The van der Waals surface area contributed by atoms with Gasteiger partial charge in [-0.1, -0.05) is 30.3 Å². The zero-order valence-electron chi connectivity index (χ0n) is 9.33. The third-order valence-corrected chi connectivity index (χ3v) is 1.94. The number of hydrogen-bond donors (Lipinski definition) is 2. The van der Waals surface area contributed by atoms with Crippen LogP contribution in [0.15, 0.2) is 35.4 Å². The van der Waals surface area contributed by atoms with E-state index in [2.05, 4.69) is 25.5 Å². The molecule has 1 aromatic heterocycles. The largest absolute Gasteiger partial charge is 0.368 e. The van der Waals surface area contributed by atoms with Crippen LogP contribution in [0.5, 0.6) is 0 Å². The number of nitrogens with one attached hydrogen (secondary N) is 1. The minimum Gasteiger partial charge on any atom is -0.368 e. The summed E-state index contributed by atoms with van der Waals surface area (Å²) in [5.74, 6) is 1.06. The maximum Gasteiger partial charge on any atom is 0.248 e. The van der Waals surface area contributed by atoms with Gasteiger partial charge in [-0.25, -0.2) is 5.43 Å². The number of nitrogens with two attached hydrogens (primary N) is 1.